The van der Waals surface area contributed by atoms with E-state index in [1.807, 2.05) is 45.0 Å². The van der Waals surface area contributed by atoms with Gasteiger partial charge in [-0.05, 0) is 48.1 Å². The first-order chi connectivity index (χ1) is 14.8. The minimum Gasteiger partial charge on any atom is -0.343 e. The molecule has 1 aliphatic heterocycles. The number of fused-ring (bicyclic) bond motifs is 1. The molecule has 1 N–H and O–H groups in total. The van der Waals surface area contributed by atoms with Crippen LogP contribution in [0.5, 0.6) is 0 Å². The van der Waals surface area contributed by atoms with E-state index in [-0.39, 0.29) is 40.6 Å². The molecule has 4 rings (SSSR count). The maximum atomic E-state index is 13.3. The highest BCUT2D eigenvalue weighted by molar-refractivity contribution is 8.93. The van der Waals surface area contributed by atoms with Crippen LogP contribution in [0.25, 0.3) is 0 Å². The number of pyridine rings is 1. The average Bonchev–Trinajstić information content (AvgIpc) is 3.51. The second-order valence-corrected chi connectivity index (χ2v) is 11.9. The summed E-state index contributed by atoms with van der Waals surface area (Å²) >= 11 is 0. The second kappa shape index (κ2) is 8.83. The van der Waals surface area contributed by atoms with Crippen molar-refractivity contribution in [1.82, 2.24) is 9.88 Å². The van der Waals surface area contributed by atoms with Gasteiger partial charge < -0.3 is 4.90 Å². The molecule has 2 aromatic rings. The molecule has 0 atom stereocenters. The van der Waals surface area contributed by atoms with Crippen molar-refractivity contribution < 1.29 is 13.2 Å². The Balaban J connectivity index is 0.00000306. The summed E-state index contributed by atoms with van der Waals surface area (Å²) in [5.41, 5.74) is 4.19. The second-order valence-electron chi connectivity index (χ2n) is 9.90. The molecule has 0 bridgehead atoms. The van der Waals surface area contributed by atoms with Crippen LogP contribution >= 0.6 is 17.0 Å². The molecule has 2 aliphatic rings. The molecular formula is C24H31BrN4O3S. The fourth-order valence-corrected chi connectivity index (χ4v) is 4.34. The molecule has 178 valence electrons. The van der Waals surface area contributed by atoms with Gasteiger partial charge in [0.1, 0.15) is 11.5 Å². The summed E-state index contributed by atoms with van der Waals surface area (Å²) in [4.78, 5) is 19.7. The van der Waals surface area contributed by atoms with Crippen LogP contribution in [-0.2, 0) is 22.0 Å². The SMILES string of the molecule is Br.CN(c1cc(C(=O)CN2Cc3ccc(C4CC4)nc3C2=N)cc(C(C)(C)C)c1)S(C)(=O)=O. The van der Waals surface area contributed by atoms with Crippen molar-refractivity contribution in [2.75, 3.05) is 24.2 Å². The van der Waals surface area contributed by atoms with Crippen molar-refractivity contribution in [2.45, 2.75) is 51.5 Å². The van der Waals surface area contributed by atoms with Crippen LogP contribution < -0.4 is 4.31 Å². The van der Waals surface area contributed by atoms with Crippen molar-refractivity contribution in [2.24, 2.45) is 0 Å². The Bertz CT molecular complexity index is 1220. The van der Waals surface area contributed by atoms with Gasteiger partial charge in [0.25, 0.3) is 0 Å². The van der Waals surface area contributed by atoms with Crippen molar-refractivity contribution in [3.8, 4) is 0 Å². The lowest BCUT2D eigenvalue weighted by Crippen LogP contribution is -2.31. The van der Waals surface area contributed by atoms with Crippen molar-refractivity contribution >= 4 is 44.3 Å². The van der Waals surface area contributed by atoms with Gasteiger partial charge in [-0.1, -0.05) is 26.8 Å². The van der Waals surface area contributed by atoms with Crippen LogP contribution in [0.1, 0.15) is 72.4 Å². The van der Waals surface area contributed by atoms with E-state index in [1.54, 1.807) is 11.0 Å². The van der Waals surface area contributed by atoms with Gasteiger partial charge >= 0.3 is 0 Å². The van der Waals surface area contributed by atoms with Gasteiger partial charge in [-0.3, -0.25) is 14.5 Å². The number of anilines is 1. The largest absolute Gasteiger partial charge is 0.343 e. The zero-order chi connectivity index (χ0) is 23.4. The molecule has 1 saturated carbocycles. The highest BCUT2D eigenvalue weighted by Gasteiger charge is 2.31. The Morgan fingerprint density at radius 3 is 2.45 bits per heavy atom. The number of carbonyl (C=O) groups is 1. The zero-order valence-corrected chi connectivity index (χ0v) is 22.2. The van der Waals surface area contributed by atoms with Crippen LogP contribution in [0.3, 0.4) is 0 Å². The Labute approximate surface area is 206 Å². The highest BCUT2D eigenvalue weighted by atomic mass is 79.9. The van der Waals surface area contributed by atoms with Gasteiger partial charge in [0, 0.05) is 36.3 Å². The molecule has 9 heteroatoms. The number of halogens is 1. The van der Waals surface area contributed by atoms with Crippen LogP contribution in [0.15, 0.2) is 30.3 Å². The van der Waals surface area contributed by atoms with Crippen molar-refractivity contribution in [1.29, 1.82) is 5.41 Å². The molecule has 0 radical (unpaired) electrons. The molecule has 1 aliphatic carbocycles. The lowest BCUT2D eigenvalue weighted by atomic mass is 9.85. The Morgan fingerprint density at radius 2 is 1.88 bits per heavy atom. The number of benzene rings is 1. The number of hydrogen-bond donors (Lipinski definition) is 1. The molecule has 7 nitrogen and oxygen atoms in total. The molecular weight excluding hydrogens is 504 g/mol. The van der Waals surface area contributed by atoms with Crippen LogP contribution in [0, 0.1) is 5.41 Å². The quantitative estimate of drug-likeness (QED) is 0.558. The summed E-state index contributed by atoms with van der Waals surface area (Å²) in [7, 11) is -1.98. The summed E-state index contributed by atoms with van der Waals surface area (Å²) in [5.74, 6) is 0.629. The lowest BCUT2D eigenvalue weighted by Gasteiger charge is -2.25. The highest BCUT2D eigenvalue weighted by Crippen LogP contribution is 2.39. The van der Waals surface area contributed by atoms with Gasteiger partial charge in [0.15, 0.2) is 5.78 Å². The van der Waals surface area contributed by atoms with Gasteiger partial charge in [-0.15, -0.1) is 17.0 Å². The number of Topliss-reactive ketones (excluding diaryl/α,β-unsaturated/α-hetero) is 1. The fourth-order valence-electron chi connectivity index (χ4n) is 3.85. The molecule has 2 heterocycles. The van der Waals surface area contributed by atoms with E-state index in [0.29, 0.717) is 29.4 Å². The summed E-state index contributed by atoms with van der Waals surface area (Å²) in [6.07, 6.45) is 3.44. The molecule has 1 fully saturated rings. The Morgan fingerprint density at radius 1 is 1.21 bits per heavy atom. The van der Waals surface area contributed by atoms with E-state index >= 15 is 0 Å². The van der Waals surface area contributed by atoms with Crippen molar-refractivity contribution in [3.05, 3.63) is 58.4 Å². The van der Waals surface area contributed by atoms with Gasteiger partial charge in [0.2, 0.25) is 10.0 Å². The lowest BCUT2D eigenvalue weighted by molar-refractivity contribution is 0.0962. The summed E-state index contributed by atoms with van der Waals surface area (Å²) in [5, 5.41) is 8.56. The minimum atomic E-state index is -3.46. The third-order valence-electron chi connectivity index (χ3n) is 6.20. The number of carbonyl (C=O) groups excluding carboxylic acids is 1. The van der Waals surface area contributed by atoms with Crippen molar-refractivity contribution in [3.63, 3.8) is 0 Å². The van der Waals surface area contributed by atoms with E-state index in [4.69, 9.17) is 5.41 Å². The van der Waals surface area contributed by atoms with Gasteiger partial charge in [0.05, 0.1) is 18.5 Å². The third kappa shape index (κ3) is 5.30. The third-order valence-corrected chi connectivity index (χ3v) is 7.40. The first kappa shape index (κ1) is 25.4. The topological polar surface area (TPSA) is 94.4 Å². The van der Waals surface area contributed by atoms with E-state index in [0.717, 1.165) is 35.9 Å². The molecule has 0 saturated heterocycles. The first-order valence-corrected chi connectivity index (χ1v) is 12.7. The maximum absolute atomic E-state index is 13.3. The fraction of sp³-hybridized carbons (Fsp3) is 0.458. The first-order valence-electron chi connectivity index (χ1n) is 10.8. The number of sulfonamides is 1. The smallest absolute Gasteiger partial charge is 0.231 e. The van der Waals surface area contributed by atoms with E-state index in [2.05, 4.69) is 4.98 Å². The summed E-state index contributed by atoms with van der Waals surface area (Å²) in [6.45, 7) is 6.60. The van der Waals surface area contributed by atoms with Gasteiger partial charge in [-0.2, -0.15) is 0 Å². The zero-order valence-electron chi connectivity index (χ0n) is 19.7. The molecule has 0 unspecified atom stereocenters. The number of amidine groups is 1. The van der Waals surface area contributed by atoms with Crippen LogP contribution in [-0.4, -0.2) is 49.8 Å². The Hall–Kier alpha value is -2.26. The molecule has 0 amide bonds. The number of rotatable bonds is 6. The molecule has 1 aromatic heterocycles. The average molecular weight is 536 g/mol. The maximum Gasteiger partial charge on any atom is 0.231 e. The monoisotopic (exact) mass is 534 g/mol. The summed E-state index contributed by atoms with van der Waals surface area (Å²) < 4.78 is 25.4. The van der Waals surface area contributed by atoms with E-state index in [1.165, 1.54) is 11.4 Å². The predicted molar refractivity (Wildman–Crippen MR) is 136 cm³/mol. The van der Waals surface area contributed by atoms with Crippen LogP contribution in [0.2, 0.25) is 0 Å². The predicted octanol–water partition coefficient (Wildman–Crippen LogP) is 4.25. The minimum absolute atomic E-state index is 0. The van der Waals surface area contributed by atoms with Gasteiger partial charge in [-0.25, -0.2) is 13.4 Å². The Kier molecular flexibility index (Phi) is 6.79. The summed E-state index contributed by atoms with van der Waals surface area (Å²) in [6, 6.07) is 9.33. The van der Waals surface area contributed by atoms with E-state index in [9.17, 15) is 13.2 Å². The number of hydrogen-bond acceptors (Lipinski definition) is 5. The number of nitrogens with one attached hydrogen (secondary N) is 1. The molecule has 0 spiro atoms. The number of ketones is 1. The standard InChI is InChI=1S/C24H30N4O3S.BrH/c1-24(2,3)18-10-17(11-19(12-18)27(4)32(5,30)31)21(29)14-28-13-16-8-9-20(15-6-7-15)26-22(16)23(28)25;/h8-12,15,25H,6-7,13-14H2,1-5H3;1H. The molecule has 33 heavy (non-hydrogen) atoms. The van der Waals surface area contributed by atoms with Crippen LogP contribution in [0.4, 0.5) is 5.69 Å². The normalized spacial score (nSPS) is 15.8. The van der Waals surface area contributed by atoms with E-state index < -0.39 is 10.0 Å². The molecule has 1 aromatic carbocycles. The number of nitrogens with zero attached hydrogens (tertiary/aromatic N) is 3. The number of aromatic nitrogens is 1.